The zero-order valence-electron chi connectivity index (χ0n) is 11.1. The molecule has 1 aromatic rings. The fourth-order valence-electron chi connectivity index (χ4n) is 1.80. The van der Waals surface area contributed by atoms with Crippen LogP contribution in [-0.2, 0) is 6.42 Å². The van der Waals surface area contributed by atoms with E-state index in [1.165, 1.54) is 54.7 Å². The predicted octanol–water partition coefficient (Wildman–Crippen LogP) is 5.52. The van der Waals surface area contributed by atoms with Crippen molar-refractivity contribution in [2.45, 2.75) is 56.8 Å². The summed E-state index contributed by atoms with van der Waals surface area (Å²) in [6, 6.07) is 9.07. The van der Waals surface area contributed by atoms with Crippen molar-refractivity contribution >= 4 is 11.8 Å². The van der Waals surface area contributed by atoms with Crippen molar-refractivity contribution in [2.24, 2.45) is 0 Å². The monoisotopic (exact) mass is 249 g/mol. The van der Waals surface area contributed by atoms with Crippen LogP contribution >= 0.6 is 11.8 Å². The highest BCUT2D eigenvalue weighted by Crippen LogP contribution is 2.20. The van der Waals surface area contributed by atoms with Crippen LogP contribution < -0.4 is 0 Å². The van der Waals surface area contributed by atoms with Crippen LogP contribution in [0, 0.1) is 6.92 Å². The van der Waals surface area contributed by atoms with Crippen molar-refractivity contribution in [3.8, 4) is 0 Å². The van der Waals surface area contributed by atoms with Gasteiger partial charge in [0.05, 0.1) is 0 Å². The van der Waals surface area contributed by atoms with Crippen LogP contribution in [0.5, 0.6) is 0 Å². The molecule has 1 heteroatoms. The molecule has 0 unspecified atom stereocenters. The Morgan fingerprint density at radius 1 is 1.00 bits per heavy atom. The van der Waals surface area contributed by atoms with Crippen LogP contribution in [0.25, 0.3) is 0 Å². The number of unbranched alkanes of at least 4 members (excludes halogenated alkanes) is 4. The summed E-state index contributed by atoms with van der Waals surface area (Å²) in [4.78, 5) is 1.42. The molecule has 0 N–H and O–H groups in total. The normalized spacial score (nSPS) is 10.7. The molecule has 1 radical (unpaired) electrons. The second-order valence-corrected chi connectivity index (χ2v) is 5.68. The van der Waals surface area contributed by atoms with Gasteiger partial charge in [-0.15, -0.1) is 11.8 Å². The number of rotatable bonds is 9. The fraction of sp³-hybridized carbons (Fsp3) is 0.562. The Hall–Kier alpha value is -0.430. The van der Waals surface area contributed by atoms with Gasteiger partial charge in [-0.3, -0.25) is 0 Å². The van der Waals surface area contributed by atoms with Crippen molar-refractivity contribution < 1.29 is 0 Å². The molecule has 0 heterocycles. The van der Waals surface area contributed by atoms with Crippen molar-refractivity contribution in [2.75, 3.05) is 5.75 Å². The Labute approximate surface area is 111 Å². The molecule has 0 amide bonds. The van der Waals surface area contributed by atoms with Crippen molar-refractivity contribution in [3.05, 3.63) is 36.8 Å². The lowest BCUT2D eigenvalue weighted by molar-refractivity contribution is 0.706. The van der Waals surface area contributed by atoms with Crippen LogP contribution in [0.2, 0.25) is 0 Å². The zero-order chi connectivity index (χ0) is 12.3. The van der Waals surface area contributed by atoms with Gasteiger partial charge >= 0.3 is 0 Å². The molecule has 17 heavy (non-hydrogen) atoms. The van der Waals surface area contributed by atoms with Gasteiger partial charge in [-0.05, 0) is 42.7 Å². The molecule has 0 saturated heterocycles. The van der Waals surface area contributed by atoms with Gasteiger partial charge in [-0.25, -0.2) is 0 Å². The van der Waals surface area contributed by atoms with Crippen LogP contribution in [0.1, 0.15) is 51.0 Å². The number of hydrogen-bond acceptors (Lipinski definition) is 1. The Kier molecular flexibility index (Phi) is 8.25. The molecule has 0 aromatic heterocycles. The first kappa shape index (κ1) is 14.6. The second-order valence-electron chi connectivity index (χ2n) is 4.51. The molecule has 0 bridgehead atoms. The number of thioether (sulfide) groups is 1. The fourth-order valence-corrected chi connectivity index (χ4v) is 2.71. The van der Waals surface area contributed by atoms with E-state index in [2.05, 4.69) is 38.1 Å². The molecule has 0 aliphatic rings. The van der Waals surface area contributed by atoms with Crippen molar-refractivity contribution in [1.82, 2.24) is 0 Å². The van der Waals surface area contributed by atoms with E-state index in [1.807, 2.05) is 11.8 Å². The molecule has 0 atom stereocenters. The number of benzene rings is 1. The van der Waals surface area contributed by atoms with Crippen LogP contribution in [0.15, 0.2) is 29.2 Å². The summed E-state index contributed by atoms with van der Waals surface area (Å²) in [5.74, 6) is 1.26. The Morgan fingerprint density at radius 2 is 1.76 bits per heavy atom. The van der Waals surface area contributed by atoms with Crippen molar-refractivity contribution in [1.29, 1.82) is 0 Å². The summed E-state index contributed by atoms with van der Waals surface area (Å²) < 4.78 is 0. The van der Waals surface area contributed by atoms with E-state index < -0.39 is 0 Å². The number of hydrogen-bond donors (Lipinski definition) is 0. The van der Waals surface area contributed by atoms with Crippen LogP contribution in [0.3, 0.4) is 0 Å². The minimum Gasteiger partial charge on any atom is -0.126 e. The molecular weight excluding hydrogens is 224 g/mol. The third-order valence-electron chi connectivity index (χ3n) is 2.91. The Balaban J connectivity index is 2.20. The maximum Gasteiger partial charge on any atom is 0.00721 e. The Bertz CT molecular complexity index is 276. The molecule has 0 aliphatic carbocycles. The molecule has 0 fully saturated rings. The van der Waals surface area contributed by atoms with E-state index >= 15 is 0 Å². The molecular formula is C16H25S. The highest BCUT2D eigenvalue weighted by Gasteiger charge is 1.96. The van der Waals surface area contributed by atoms with Gasteiger partial charge in [0.2, 0.25) is 0 Å². The highest BCUT2D eigenvalue weighted by molar-refractivity contribution is 7.99. The molecule has 1 aromatic carbocycles. The SMILES string of the molecule is [CH2]CCCc1ccc(SCCCCCC)cc1. The molecule has 0 saturated carbocycles. The van der Waals surface area contributed by atoms with Gasteiger partial charge in [-0.2, -0.15) is 0 Å². The van der Waals surface area contributed by atoms with Gasteiger partial charge < -0.3 is 0 Å². The summed E-state index contributed by atoms with van der Waals surface area (Å²) in [5, 5.41) is 0. The summed E-state index contributed by atoms with van der Waals surface area (Å²) in [6.45, 7) is 6.14. The third-order valence-corrected chi connectivity index (χ3v) is 4.00. The average molecular weight is 249 g/mol. The maximum absolute atomic E-state index is 3.88. The van der Waals surface area contributed by atoms with E-state index in [-0.39, 0.29) is 0 Å². The summed E-state index contributed by atoms with van der Waals surface area (Å²) in [7, 11) is 0. The first-order valence-corrected chi connectivity index (χ1v) is 7.86. The lowest BCUT2D eigenvalue weighted by atomic mass is 10.1. The predicted molar refractivity (Wildman–Crippen MR) is 79.6 cm³/mol. The van der Waals surface area contributed by atoms with E-state index in [1.54, 1.807) is 0 Å². The Morgan fingerprint density at radius 3 is 2.41 bits per heavy atom. The van der Waals surface area contributed by atoms with Crippen molar-refractivity contribution in [3.63, 3.8) is 0 Å². The number of aryl methyl sites for hydroxylation is 1. The average Bonchev–Trinajstić information content (AvgIpc) is 2.37. The second kappa shape index (κ2) is 9.58. The first-order chi connectivity index (χ1) is 8.36. The largest absolute Gasteiger partial charge is 0.126 e. The standard InChI is InChI=1S/C16H25S/c1-3-5-7-8-14-17-16-12-10-15(11-13-16)9-6-4-2/h10-13H,2-9,14H2,1H3. The van der Waals surface area contributed by atoms with Gasteiger partial charge in [0, 0.05) is 4.90 Å². The zero-order valence-corrected chi connectivity index (χ0v) is 11.9. The van der Waals surface area contributed by atoms with Crippen LogP contribution in [0.4, 0.5) is 0 Å². The van der Waals surface area contributed by atoms with Gasteiger partial charge in [-0.1, -0.05) is 51.7 Å². The van der Waals surface area contributed by atoms with E-state index in [9.17, 15) is 0 Å². The minimum absolute atomic E-state index is 1.04. The molecule has 0 aliphatic heterocycles. The third kappa shape index (κ3) is 6.78. The van der Waals surface area contributed by atoms with E-state index in [4.69, 9.17) is 0 Å². The maximum atomic E-state index is 3.88. The highest BCUT2D eigenvalue weighted by atomic mass is 32.2. The smallest absolute Gasteiger partial charge is 0.00721 e. The van der Waals surface area contributed by atoms with Crippen LogP contribution in [-0.4, -0.2) is 5.75 Å². The quantitative estimate of drug-likeness (QED) is 0.410. The first-order valence-electron chi connectivity index (χ1n) is 6.87. The van der Waals surface area contributed by atoms with E-state index in [0.29, 0.717) is 0 Å². The molecule has 0 spiro atoms. The van der Waals surface area contributed by atoms with Gasteiger partial charge in [0.15, 0.2) is 0 Å². The van der Waals surface area contributed by atoms with E-state index in [0.717, 1.165) is 6.42 Å². The molecule has 0 nitrogen and oxygen atoms in total. The van der Waals surface area contributed by atoms with Gasteiger partial charge in [0.25, 0.3) is 0 Å². The summed E-state index contributed by atoms with van der Waals surface area (Å²) in [5.41, 5.74) is 1.45. The van der Waals surface area contributed by atoms with Gasteiger partial charge in [0.1, 0.15) is 0 Å². The lowest BCUT2D eigenvalue weighted by Crippen LogP contribution is -1.85. The summed E-state index contributed by atoms with van der Waals surface area (Å²) >= 11 is 1.99. The molecule has 1 rings (SSSR count). The minimum atomic E-state index is 1.04. The summed E-state index contributed by atoms with van der Waals surface area (Å²) in [6.07, 6.45) is 8.84. The topological polar surface area (TPSA) is 0 Å². The molecule has 95 valence electrons. The lowest BCUT2D eigenvalue weighted by Gasteiger charge is -2.04.